The molecule has 0 amide bonds. The average Bonchev–Trinajstić information content (AvgIpc) is 2.28. The van der Waals surface area contributed by atoms with E-state index in [1.165, 1.54) is 0 Å². The third-order valence-electron chi connectivity index (χ3n) is 3.97. The summed E-state index contributed by atoms with van der Waals surface area (Å²) in [6, 6.07) is 0.828. The Morgan fingerprint density at radius 1 is 1.21 bits per heavy atom. The molecular weight excluding hydrogens is 236 g/mol. The number of carbonyl (C=O) groups is 1. The highest BCUT2D eigenvalue weighted by Gasteiger charge is 2.32. The summed E-state index contributed by atoms with van der Waals surface area (Å²) in [5.74, 6) is 0.880. The summed E-state index contributed by atoms with van der Waals surface area (Å²) in [6.07, 6.45) is 5.30. The Hall–Kier alpha value is -0.410. The van der Waals surface area contributed by atoms with Gasteiger partial charge in [0.25, 0.3) is 0 Å². The molecular formula is C16H32N2O. The fraction of sp³-hybridized carbons (Fsp3) is 0.938. The topological polar surface area (TPSA) is 55.1 Å². The Labute approximate surface area is 118 Å². The van der Waals surface area contributed by atoms with Crippen molar-refractivity contribution in [2.75, 3.05) is 0 Å². The van der Waals surface area contributed by atoms with Crippen molar-refractivity contribution in [1.82, 2.24) is 5.32 Å². The molecule has 0 spiro atoms. The van der Waals surface area contributed by atoms with Gasteiger partial charge in [0.15, 0.2) is 5.78 Å². The van der Waals surface area contributed by atoms with Gasteiger partial charge in [-0.25, -0.2) is 0 Å². The molecule has 1 aliphatic rings. The summed E-state index contributed by atoms with van der Waals surface area (Å²) in [7, 11) is 0. The van der Waals surface area contributed by atoms with Gasteiger partial charge in [-0.2, -0.15) is 0 Å². The van der Waals surface area contributed by atoms with Gasteiger partial charge < -0.3 is 11.1 Å². The van der Waals surface area contributed by atoms with Gasteiger partial charge in [0, 0.05) is 17.5 Å². The highest BCUT2D eigenvalue weighted by molar-refractivity contribution is 5.88. The van der Waals surface area contributed by atoms with Gasteiger partial charge >= 0.3 is 0 Å². The molecule has 0 aromatic rings. The fourth-order valence-corrected chi connectivity index (χ4v) is 2.82. The minimum atomic E-state index is -0.266. The van der Waals surface area contributed by atoms with Crippen LogP contribution in [0.4, 0.5) is 0 Å². The lowest BCUT2D eigenvalue weighted by Gasteiger charge is -2.33. The van der Waals surface area contributed by atoms with E-state index in [1.807, 2.05) is 20.8 Å². The maximum atomic E-state index is 12.6. The smallest absolute Gasteiger partial charge is 0.155 e. The molecule has 0 aromatic carbocycles. The van der Waals surface area contributed by atoms with Gasteiger partial charge in [-0.05, 0) is 38.0 Å². The van der Waals surface area contributed by atoms with Crippen LogP contribution in [0.2, 0.25) is 0 Å². The van der Waals surface area contributed by atoms with Gasteiger partial charge in [0.05, 0.1) is 6.04 Å². The number of hydrogen-bond donors (Lipinski definition) is 2. The maximum Gasteiger partial charge on any atom is 0.155 e. The van der Waals surface area contributed by atoms with Crippen molar-refractivity contribution < 1.29 is 4.79 Å². The lowest BCUT2D eigenvalue weighted by Crippen LogP contribution is -2.49. The van der Waals surface area contributed by atoms with Crippen LogP contribution in [0.15, 0.2) is 0 Å². The standard InChI is InChI=1S/C16H32N2O/c1-11(2)10-14(15(19)16(3,4)5)18-13-8-6-12(17)7-9-13/h11-14,18H,6-10,17H2,1-5H3/t12-,13-,14?. The Morgan fingerprint density at radius 3 is 2.16 bits per heavy atom. The number of ketones is 1. The van der Waals surface area contributed by atoms with Crippen LogP contribution in [-0.4, -0.2) is 23.9 Å². The molecule has 0 saturated heterocycles. The molecule has 1 fully saturated rings. The van der Waals surface area contributed by atoms with Crippen molar-refractivity contribution >= 4 is 5.78 Å². The molecule has 0 radical (unpaired) electrons. The Morgan fingerprint density at radius 2 is 1.74 bits per heavy atom. The lowest BCUT2D eigenvalue weighted by molar-refractivity contribution is -0.129. The molecule has 112 valence electrons. The molecule has 0 bridgehead atoms. The van der Waals surface area contributed by atoms with E-state index in [-0.39, 0.29) is 11.5 Å². The molecule has 19 heavy (non-hydrogen) atoms. The zero-order chi connectivity index (χ0) is 14.6. The number of hydrogen-bond acceptors (Lipinski definition) is 3. The quantitative estimate of drug-likeness (QED) is 0.806. The summed E-state index contributed by atoms with van der Waals surface area (Å²) in [6.45, 7) is 10.4. The van der Waals surface area contributed by atoms with E-state index in [2.05, 4.69) is 19.2 Å². The first-order valence-electron chi connectivity index (χ1n) is 7.76. The van der Waals surface area contributed by atoms with Crippen molar-refractivity contribution in [2.24, 2.45) is 17.1 Å². The van der Waals surface area contributed by atoms with Gasteiger partial charge in [0.2, 0.25) is 0 Å². The molecule has 1 aliphatic carbocycles. The predicted octanol–water partition coefficient (Wildman–Crippen LogP) is 2.88. The van der Waals surface area contributed by atoms with Crippen LogP contribution < -0.4 is 11.1 Å². The fourth-order valence-electron chi connectivity index (χ4n) is 2.82. The van der Waals surface area contributed by atoms with Crippen LogP contribution in [0.5, 0.6) is 0 Å². The second kappa shape index (κ2) is 6.85. The molecule has 0 aromatic heterocycles. The van der Waals surface area contributed by atoms with Crippen LogP contribution in [0.3, 0.4) is 0 Å². The summed E-state index contributed by atoms with van der Waals surface area (Å²) >= 11 is 0. The van der Waals surface area contributed by atoms with E-state index in [0.717, 1.165) is 32.1 Å². The molecule has 3 N–H and O–H groups in total. The predicted molar refractivity (Wildman–Crippen MR) is 81.1 cm³/mol. The molecule has 0 heterocycles. The second-order valence-electron chi connectivity index (χ2n) is 7.57. The van der Waals surface area contributed by atoms with Crippen LogP contribution in [0.1, 0.15) is 66.7 Å². The van der Waals surface area contributed by atoms with E-state index in [9.17, 15) is 4.79 Å². The SMILES string of the molecule is CC(C)CC(N[C@H]1CC[C@H](N)CC1)C(=O)C(C)(C)C. The minimum Gasteiger partial charge on any atom is -0.328 e. The Bertz CT molecular complexity index is 286. The highest BCUT2D eigenvalue weighted by atomic mass is 16.1. The van der Waals surface area contributed by atoms with Crippen molar-refractivity contribution in [3.05, 3.63) is 0 Å². The highest BCUT2D eigenvalue weighted by Crippen LogP contribution is 2.23. The maximum absolute atomic E-state index is 12.6. The molecule has 1 atom stereocenters. The van der Waals surface area contributed by atoms with Gasteiger partial charge in [-0.1, -0.05) is 34.6 Å². The van der Waals surface area contributed by atoms with Crippen LogP contribution >= 0.6 is 0 Å². The first-order chi connectivity index (χ1) is 8.70. The van der Waals surface area contributed by atoms with E-state index < -0.39 is 0 Å². The van der Waals surface area contributed by atoms with Gasteiger partial charge in [-0.15, -0.1) is 0 Å². The van der Waals surface area contributed by atoms with Crippen molar-refractivity contribution in [1.29, 1.82) is 0 Å². The summed E-state index contributed by atoms with van der Waals surface area (Å²) in [4.78, 5) is 12.6. The van der Waals surface area contributed by atoms with Crippen LogP contribution in [0, 0.1) is 11.3 Å². The van der Waals surface area contributed by atoms with E-state index in [1.54, 1.807) is 0 Å². The lowest BCUT2D eigenvalue weighted by atomic mass is 9.82. The number of Topliss-reactive ketones (excluding diaryl/α,β-unsaturated/α-hetero) is 1. The monoisotopic (exact) mass is 268 g/mol. The first-order valence-corrected chi connectivity index (χ1v) is 7.76. The Kier molecular flexibility index (Phi) is 6.00. The second-order valence-corrected chi connectivity index (χ2v) is 7.57. The number of nitrogens with one attached hydrogen (secondary N) is 1. The first kappa shape index (κ1) is 16.6. The number of nitrogens with two attached hydrogens (primary N) is 1. The number of carbonyl (C=O) groups excluding carboxylic acids is 1. The van der Waals surface area contributed by atoms with E-state index in [0.29, 0.717) is 23.8 Å². The molecule has 1 rings (SSSR count). The molecule has 1 unspecified atom stereocenters. The van der Waals surface area contributed by atoms with Crippen LogP contribution in [0.25, 0.3) is 0 Å². The van der Waals surface area contributed by atoms with Crippen molar-refractivity contribution in [3.63, 3.8) is 0 Å². The summed E-state index contributed by atoms with van der Waals surface area (Å²) in [5.41, 5.74) is 5.68. The largest absolute Gasteiger partial charge is 0.328 e. The third-order valence-corrected chi connectivity index (χ3v) is 3.97. The normalized spacial score (nSPS) is 26.5. The average molecular weight is 268 g/mol. The van der Waals surface area contributed by atoms with E-state index >= 15 is 0 Å². The van der Waals surface area contributed by atoms with Crippen molar-refractivity contribution in [3.8, 4) is 0 Å². The zero-order valence-corrected chi connectivity index (χ0v) is 13.3. The molecule has 1 saturated carbocycles. The minimum absolute atomic E-state index is 0.000625. The summed E-state index contributed by atoms with van der Waals surface area (Å²) in [5, 5.41) is 3.61. The summed E-state index contributed by atoms with van der Waals surface area (Å²) < 4.78 is 0. The van der Waals surface area contributed by atoms with Gasteiger partial charge in [0.1, 0.15) is 0 Å². The van der Waals surface area contributed by atoms with Crippen molar-refractivity contribution in [2.45, 2.75) is 84.8 Å². The molecule has 3 nitrogen and oxygen atoms in total. The molecule has 0 aliphatic heterocycles. The zero-order valence-electron chi connectivity index (χ0n) is 13.3. The number of rotatable bonds is 5. The third kappa shape index (κ3) is 5.62. The van der Waals surface area contributed by atoms with Crippen LogP contribution in [-0.2, 0) is 4.79 Å². The Balaban J connectivity index is 2.62. The van der Waals surface area contributed by atoms with E-state index in [4.69, 9.17) is 5.73 Å². The molecule has 3 heteroatoms. The van der Waals surface area contributed by atoms with Gasteiger partial charge in [-0.3, -0.25) is 4.79 Å².